The SMILES string of the molecule is Cn1[c-]nc(-c2coc3cc4occ(-n5[c-][n+](C)cc5)c4[c-]c23)c1.Cn1[c-]nc(-c2coc3cc4occ(-n5[c-][n+](C)cc5)c4[c-]c23)c1.[Pt].[Pt]. The van der Waals surface area contributed by atoms with Crippen LogP contribution in [0.2, 0.25) is 0 Å². The third-order valence-corrected chi connectivity index (χ3v) is 8.03. The molecule has 0 fully saturated rings. The van der Waals surface area contributed by atoms with Crippen molar-refractivity contribution in [3.63, 3.8) is 0 Å². The normalized spacial score (nSPS) is 11.3. The number of benzene rings is 2. The molecule has 0 N–H and O–H groups in total. The Morgan fingerprint density at radius 2 is 0.980 bits per heavy atom. The van der Waals surface area contributed by atoms with Crippen molar-refractivity contribution in [3.05, 3.63) is 112 Å². The zero-order valence-corrected chi connectivity index (χ0v) is 31.3. The molecule has 10 rings (SSSR count). The molecule has 0 radical (unpaired) electrons. The second-order valence-corrected chi connectivity index (χ2v) is 11.5. The third-order valence-electron chi connectivity index (χ3n) is 8.03. The molecular formula is C36H24N8O4Pt2-4. The average molecular weight is 1020 g/mol. The Bertz CT molecular complexity index is 2400. The first-order chi connectivity index (χ1) is 23.4. The summed E-state index contributed by atoms with van der Waals surface area (Å²) in [5, 5.41) is 3.48. The molecular weight excluding hydrogens is 999 g/mol. The van der Waals surface area contributed by atoms with E-state index in [2.05, 4.69) is 47.4 Å². The van der Waals surface area contributed by atoms with Crippen molar-refractivity contribution in [2.45, 2.75) is 0 Å². The van der Waals surface area contributed by atoms with Gasteiger partial charge in [0.15, 0.2) is 0 Å². The Hall–Kier alpha value is -5.18. The summed E-state index contributed by atoms with van der Waals surface area (Å²) in [6.07, 6.45) is 30.4. The van der Waals surface area contributed by atoms with E-state index in [1.807, 2.05) is 95.8 Å². The van der Waals surface area contributed by atoms with Crippen LogP contribution in [0.15, 0.2) is 92.0 Å². The Morgan fingerprint density at radius 3 is 1.34 bits per heavy atom. The van der Waals surface area contributed by atoms with Gasteiger partial charge in [-0.05, 0) is 37.0 Å². The molecule has 14 heteroatoms. The molecule has 0 aliphatic carbocycles. The molecule has 10 aromatic rings. The maximum absolute atomic E-state index is 5.67. The average Bonchev–Trinajstić information content (AvgIpc) is 3.90. The molecule has 0 saturated heterocycles. The summed E-state index contributed by atoms with van der Waals surface area (Å²) in [5.41, 5.74) is 8.01. The number of imidazole rings is 4. The van der Waals surface area contributed by atoms with Crippen molar-refractivity contribution in [2.75, 3.05) is 0 Å². The molecule has 2 aromatic carbocycles. The zero-order valence-electron chi connectivity index (χ0n) is 26.8. The van der Waals surface area contributed by atoms with Crippen LogP contribution in [0, 0.1) is 37.4 Å². The van der Waals surface area contributed by atoms with E-state index in [1.54, 1.807) is 34.2 Å². The van der Waals surface area contributed by atoms with E-state index < -0.39 is 0 Å². The maximum Gasteiger partial charge on any atom is 0.244 e. The molecule has 0 amide bonds. The van der Waals surface area contributed by atoms with Gasteiger partial charge in [-0.15, -0.1) is 24.5 Å². The van der Waals surface area contributed by atoms with E-state index in [0.29, 0.717) is 11.2 Å². The van der Waals surface area contributed by atoms with Gasteiger partial charge in [0.25, 0.3) is 0 Å². The van der Waals surface area contributed by atoms with E-state index in [9.17, 15) is 0 Å². The second kappa shape index (κ2) is 12.9. The van der Waals surface area contributed by atoms with Gasteiger partial charge in [0.05, 0.1) is 60.3 Å². The Labute approximate surface area is 313 Å². The number of nitrogens with zero attached hydrogens (tertiary/aromatic N) is 8. The van der Waals surface area contributed by atoms with Gasteiger partial charge in [0, 0.05) is 92.1 Å². The fourth-order valence-electron chi connectivity index (χ4n) is 5.71. The summed E-state index contributed by atoms with van der Waals surface area (Å²) < 4.78 is 33.7. The largest absolute Gasteiger partial charge is 0.508 e. The van der Waals surface area contributed by atoms with Crippen LogP contribution in [0.4, 0.5) is 0 Å². The molecule has 0 saturated carbocycles. The number of aryl methyl sites for hydroxylation is 4. The Kier molecular flexibility index (Phi) is 8.62. The molecule has 8 aromatic heterocycles. The van der Waals surface area contributed by atoms with Crippen molar-refractivity contribution in [1.29, 1.82) is 0 Å². The number of aromatic nitrogens is 8. The summed E-state index contributed by atoms with van der Waals surface area (Å²) in [6, 6.07) is 10.6. The molecule has 50 heavy (non-hydrogen) atoms. The first kappa shape index (κ1) is 33.3. The number of hydrogen-bond acceptors (Lipinski definition) is 6. The number of rotatable bonds is 4. The van der Waals surface area contributed by atoms with Gasteiger partial charge in [0.1, 0.15) is 0 Å². The van der Waals surface area contributed by atoms with Gasteiger partial charge >= 0.3 is 0 Å². The molecule has 0 aliphatic rings. The monoisotopic (exact) mass is 1020 g/mol. The molecule has 0 bridgehead atoms. The van der Waals surface area contributed by atoms with Gasteiger partial charge in [-0.1, -0.05) is 33.3 Å². The fraction of sp³-hybridized carbons (Fsp3) is 0.111. The van der Waals surface area contributed by atoms with E-state index in [4.69, 9.17) is 17.7 Å². The van der Waals surface area contributed by atoms with Crippen LogP contribution in [0.5, 0.6) is 0 Å². The van der Waals surface area contributed by atoms with Crippen molar-refractivity contribution < 1.29 is 68.9 Å². The van der Waals surface area contributed by atoms with Crippen LogP contribution in [0.1, 0.15) is 0 Å². The minimum atomic E-state index is 0. The van der Waals surface area contributed by atoms with Crippen LogP contribution in [-0.4, -0.2) is 28.2 Å². The molecule has 0 atom stereocenters. The summed E-state index contributed by atoms with van der Waals surface area (Å²) in [4.78, 5) is 8.56. The molecule has 0 spiro atoms. The molecule has 0 aliphatic heterocycles. The fourth-order valence-corrected chi connectivity index (χ4v) is 5.71. The summed E-state index contributed by atoms with van der Waals surface area (Å²) >= 11 is 0. The van der Waals surface area contributed by atoms with Gasteiger partial charge in [-0.25, -0.2) is 0 Å². The molecule has 12 nitrogen and oxygen atoms in total. The smallest absolute Gasteiger partial charge is 0.244 e. The number of furan rings is 4. The first-order valence-corrected chi connectivity index (χ1v) is 14.8. The third kappa shape index (κ3) is 5.68. The molecule has 256 valence electrons. The minimum absolute atomic E-state index is 0. The second-order valence-electron chi connectivity index (χ2n) is 11.5. The van der Waals surface area contributed by atoms with Crippen LogP contribution >= 0.6 is 0 Å². The van der Waals surface area contributed by atoms with Gasteiger partial charge in [0.2, 0.25) is 12.7 Å². The standard InChI is InChI=1S/2C18H12N4O2.2Pt/c2*1-20-3-4-22(11-20)16-9-24-18-6-17-12(5-13(16)18)14(8-23-17)15-7-21(2)10-19-15;;/h2*3-4,6-9H,1-2H3;;/q2*-2;;. The summed E-state index contributed by atoms with van der Waals surface area (Å²) in [5.74, 6) is 0. The van der Waals surface area contributed by atoms with Gasteiger partial charge in [-0.2, -0.15) is 0 Å². The Morgan fingerprint density at radius 1 is 0.580 bits per heavy atom. The topological polar surface area (TPSA) is 106 Å². The minimum Gasteiger partial charge on any atom is -0.508 e. The van der Waals surface area contributed by atoms with Crippen LogP contribution in [0.3, 0.4) is 0 Å². The number of hydrogen-bond donors (Lipinski definition) is 0. The van der Waals surface area contributed by atoms with Crippen molar-refractivity contribution in [1.82, 2.24) is 28.2 Å². The predicted octanol–water partition coefficient (Wildman–Crippen LogP) is 5.19. The van der Waals surface area contributed by atoms with Crippen molar-refractivity contribution in [3.8, 4) is 33.9 Å². The van der Waals surface area contributed by atoms with E-state index in [-0.39, 0.29) is 42.1 Å². The van der Waals surface area contributed by atoms with Crippen LogP contribution in [0.25, 0.3) is 77.8 Å². The van der Waals surface area contributed by atoms with Crippen LogP contribution in [-0.2, 0) is 70.3 Å². The quantitative estimate of drug-likeness (QED) is 0.178. The molecule has 8 heterocycles. The van der Waals surface area contributed by atoms with Gasteiger partial charge < -0.3 is 55.0 Å². The Balaban J connectivity index is 0.000000151. The summed E-state index contributed by atoms with van der Waals surface area (Å²) in [7, 11) is 7.62. The van der Waals surface area contributed by atoms with Crippen LogP contribution < -0.4 is 9.13 Å². The van der Waals surface area contributed by atoms with E-state index in [1.165, 1.54) is 0 Å². The van der Waals surface area contributed by atoms with Crippen molar-refractivity contribution in [2.24, 2.45) is 28.2 Å². The van der Waals surface area contributed by atoms with E-state index in [0.717, 1.165) is 66.6 Å². The first-order valence-electron chi connectivity index (χ1n) is 14.8. The zero-order chi connectivity index (χ0) is 32.5. The molecule has 0 unspecified atom stereocenters. The summed E-state index contributed by atoms with van der Waals surface area (Å²) in [6.45, 7) is 0. The predicted molar refractivity (Wildman–Crippen MR) is 170 cm³/mol. The maximum atomic E-state index is 5.67. The van der Waals surface area contributed by atoms with E-state index >= 15 is 0 Å². The van der Waals surface area contributed by atoms with Gasteiger partial charge in [-0.3, -0.25) is 0 Å². The number of fused-ring (bicyclic) bond motifs is 4. The van der Waals surface area contributed by atoms with Crippen molar-refractivity contribution >= 4 is 43.9 Å².